The van der Waals surface area contributed by atoms with E-state index in [9.17, 15) is 9.59 Å². The van der Waals surface area contributed by atoms with Crippen molar-refractivity contribution in [3.05, 3.63) is 0 Å². The fourth-order valence-corrected chi connectivity index (χ4v) is 3.47. The Balaban J connectivity index is 2.34. The first-order valence-electron chi connectivity index (χ1n) is 8.16. The van der Waals surface area contributed by atoms with Crippen molar-refractivity contribution in [3.63, 3.8) is 0 Å². The van der Waals surface area contributed by atoms with Gasteiger partial charge in [0, 0.05) is 19.1 Å². The number of rotatable bonds is 5. The minimum absolute atomic E-state index is 0.00429. The molecular weight excluding hydrogens is 268 g/mol. The van der Waals surface area contributed by atoms with Gasteiger partial charge < -0.3 is 15.0 Å². The molecule has 2 amide bonds. The van der Waals surface area contributed by atoms with Gasteiger partial charge in [-0.15, -0.1) is 0 Å². The van der Waals surface area contributed by atoms with Gasteiger partial charge in [-0.05, 0) is 32.6 Å². The Morgan fingerprint density at radius 3 is 2.38 bits per heavy atom. The minimum Gasteiger partial charge on any atom is -0.381 e. The average Bonchev–Trinajstić information content (AvgIpc) is 2.99. The Bertz CT molecular complexity index is 414. The molecule has 2 unspecified atom stereocenters. The third-order valence-corrected chi connectivity index (χ3v) is 5.39. The highest BCUT2D eigenvalue weighted by molar-refractivity contribution is 6.02. The van der Waals surface area contributed by atoms with E-state index in [4.69, 9.17) is 4.74 Å². The van der Waals surface area contributed by atoms with Crippen LogP contribution >= 0.6 is 0 Å². The lowest BCUT2D eigenvalue weighted by Crippen LogP contribution is -2.75. The van der Waals surface area contributed by atoms with Gasteiger partial charge in [-0.25, -0.2) is 0 Å². The van der Waals surface area contributed by atoms with E-state index in [1.807, 2.05) is 32.6 Å². The topological polar surface area (TPSA) is 58.6 Å². The summed E-state index contributed by atoms with van der Waals surface area (Å²) in [5.74, 6) is 0.397. The van der Waals surface area contributed by atoms with E-state index >= 15 is 0 Å². The van der Waals surface area contributed by atoms with Crippen LogP contribution in [0.5, 0.6) is 0 Å². The van der Waals surface area contributed by atoms with Crippen molar-refractivity contribution < 1.29 is 14.3 Å². The van der Waals surface area contributed by atoms with Crippen LogP contribution in [-0.2, 0) is 14.3 Å². The molecule has 2 atom stereocenters. The average molecular weight is 296 g/mol. The van der Waals surface area contributed by atoms with Crippen LogP contribution in [0.15, 0.2) is 0 Å². The monoisotopic (exact) mass is 296 g/mol. The molecule has 0 saturated carbocycles. The van der Waals surface area contributed by atoms with Crippen LogP contribution in [0, 0.1) is 5.92 Å². The quantitative estimate of drug-likeness (QED) is 0.840. The molecule has 0 radical (unpaired) electrons. The zero-order chi connectivity index (χ0) is 15.7. The molecular formula is C16H28N2O3. The van der Waals surface area contributed by atoms with Crippen LogP contribution < -0.4 is 5.32 Å². The third kappa shape index (κ3) is 2.56. The summed E-state index contributed by atoms with van der Waals surface area (Å²) in [6.07, 6.45) is 2.87. The van der Waals surface area contributed by atoms with E-state index in [2.05, 4.69) is 5.32 Å². The zero-order valence-corrected chi connectivity index (χ0v) is 13.7. The first-order chi connectivity index (χ1) is 9.93. The van der Waals surface area contributed by atoms with E-state index in [1.165, 1.54) is 0 Å². The Labute approximate surface area is 127 Å². The van der Waals surface area contributed by atoms with Crippen molar-refractivity contribution in [1.29, 1.82) is 0 Å². The molecule has 2 heterocycles. The van der Waals surface area contributed by atoms with Crippen molar-refractivity contribution in [2.45, 2.75) is 64.5 Å². The van der Waals surface area contributed by atoms with Gasteiger partial charge in [-0.3, -0.25) is 9.59 Å². The van der Waals surface area contributed by atoms with Gasteiger partial charge in [0.2, 0.25) is 11.8 Å². The molecule has 120 valence electrons. The van der Waals surface area contributed by atoms with Gasteiger partial charge in [0.15, 0.2) is 0 Å². The Morgan fingerprint density at radius 1 is 1.24 bits per heavy atom. The maximum absolute atomic E-state index is 13.0. The maximum Gasteiger partial charge on any atom is 0.248 e. The van der Waals surface area contributed by atoms with Crippen molar-refractivity contribution in [3.8, 4) is 0 Å². The number of hydrogen-bond donors (Lipinski definition) is 1. The summed E-state index contributed by atoms with van der Waals surface area (Å²) in [5, 5.41) is 2.98. The van der Waals surface area contributed by atoms with Crippen LogP contribution in [0.1, 0.15) is 53.4 Å². The molecule has 0 aromatic heterocycles. The molecule has 0 aromatic rings. The zero-order valence-electron chi connectivity index (χ0n) is 13.7. The van der Waals surface area contributed by atoms with E-state index in [1.54, 1.807) is 0 Å². The Morgan fingerprint density at radius 2 is 1.90 bits per heavy atom. The molecule has 0 bridgehead atoms. The predicted molar refractivity (Wildman–Crippen MR) is 80.8 cm³/mol. The molecule has 1 N–H and O–H groups in total. The number of piperazine rings is 1. The molecule has 2 aliphatic rings. The van der Waals surface area contributed by atoms with Gasteiger partial charge >= 0.3 is 0 Å². The van der Waals surface area contributed by atoms with Crippen molar-refractivity contribution in [2.24, 2.45) is 5.92 Å². The molecule has 0 spiro atoms. The lowest BCUT2D eigenvalue weighted by Gasteiger charge is -2.51. The fourth-order valence-electron chi connectivity index (χ4n) is 3.47. The molecule has 2 saturated heterocycles. The lowest BCUT2D eigenvalue weighted by molar-refractivity contribution is -0.164. The smallest absolute Gasteiger partial charge is 0.248 e. The molecule has 2 rings (SSSR count). The third-order valence-electron chi connectivity index (χ3n) is 5.39. The summed E-state index contributed by atoms with van der Waals surface area (Å²) in [6.45, 7) is 9.84. The second-order valence-corrected chi connectivity index (χ2v) is 6.52. The standard InChI is InChI=1S/C16H28N2O3/c1-5-15(4)14(20)18(10-12-8-9-21-11-12)16(6-2,7-3)13(19)17-15/h12H,5-11H2,1-4H3,(H,17,19). The number of amides is 2. The fraction of sp³-hybridized carbons (Fsp3) is 0.875. The molecule has 0 aliphatic carbocycles. The second kappa shape index (κ2) is 5.95. The number of nitrogens with one attached hydrogen (secondary N) is 1. The molecule has 5 heteroatoms. The summed E-state index contributed by atoms with van der Waals surface area (Å²) in [5.41, 5.74) is -1.47. The number of ether oxygens (including phenoxy) is 1. The highest BCUT2D eigenvalue weighted by Gasteiger charge is 2.54. The van der Waals surface area contributed by atoms with Crippen LogP contribution in [0.4, 0.5) is 0 Å². The molecule has 0 aromatic carbocycles. The number of hydrogen-bond acceptors (Lipinski definition) is 3. The van der Waals surface area contributed by atoms with E-state index < -0.39 is 11.1 Å². The number of carbonyl (C=O) groups excluding carboxylic acids is 2. The summed E-state index contributed by atoms with van der Waals surface area (Å²) >= 11 is 0. The highest BCUT2D eigenvalue weighted by Crippen LogP contribution is 2.34. The molecule has 2 fully saturated rings. The van der Waals surface area contributed by atoms with Gasteiger partial charge in [0.05, 0.1) is 6.61 Å². The predicted octanol–water partition coefficient (Wildman–Crippen LogP) is 1.71. The van der Waals surface area contributed by atoms with Gasteiger partial charge in [-0.1, -0.05) is 20.8 Å². The molecule has 2 aliphatic heterocycles. The van der Waals surface area contributed by atoms with Gasteiger partial charge in [0.1, 0.15) is 11.1 Å². The first-order valence-corrected chi connectivity index (χ1v) is 8.16. The van der Waals surface area contributed by atoms with Crippen LogP contribution in [-0.4, -0.2) is 47.6 Å². The minimum atomic E-state index is -0.773. The van der Waals surface area contributed by atoms with Crippen molar-refractivity contribution >= 4 is 11.8 Å². The summed E-state index contributed by atoms with van der Waals surface area (Å²) < 4.78 is 5.44. The number of carbonyl (C=O) groups is 2. The highest BCUT2D eigenvalue weighted by atomic mass is 16.5. The van der Waals surface area contributed by atoms with Crippen LogP contribution in [0.25, 0.3) is 0 Å². The first kappa shape index (κ1) is 16.3. The summed E-state index contributed by atoms with van der Waals surface area (Å²) in [4.78, 5) is 27.6. The Kier molecular flexibility index (Phi) is 4.61. The van der Waals surface area contributed by atoms with Crippen molar-refractivity contribution in [2.75, 3.05) is 19.8 Å². The second-order valence-electron chi connectivity index (χ2n) is 6.52. The van der Waals surface area contributed by atoms with Gasteiger partial charge in [-0.2, -0.15) is 0 Å². The van der Waals surface area contributed by atoms with E-state index in [0.29, 0.717) is 38.3 Å². The molecule has 21 heavy (non-hydrogen) atoms. The van der Waals surface area contributed by atoms with Crippen molar-refractivity contribution in [1.82, 2.24) is 10.2 Å². The SMILES string of the molecule is CCC1(C)NC(=O)C(CC)(CC)N(CC2CCOC2)C1=O. The normalized spacial score (nSPS) is 32.4. The summed E-state index contributed by atoms with van der Waals surface area (Å²) in [7, 11) is 0. The largest absolute Gasteiger partial charge is 0.381 e. The number of nitrogens with zero attached hydrogens (tertiary/aromatic N) is 1. The van der Waals surface area contributed by atoms with Crippen LogP contribution in [0.3, 0.4) is 0 Å². The Hall–Kier alpha value is -1.10. The lowest BCUT2D eigenvalue weighted by atomic mass is 9.80. The summed E-state index contributed by atoms with van der Waals surface area (Å²) in [6, 6.07) is 0. The van der Waals surface area contributed by atoms with E-state index in [0.717, 1.165) is 13.0 Å². The van der Waals surface area contributed by atoms with Gasteiger partial charge in [0.25, 0.3) is 0 Å². The van der Waals surface area contributed by atoms with E-state index in [-0.39, 0.29) is 11.8 Å². The maximum atomic E-state index is 13.0. The molecule has 5 nitrogen and oxygen atoms in total. The van der Waals surface area contributed by atoms with Crippen LogP contribution in [0.2, 0.25) is 0 Å².